The fourth-order valence-electron chi connectivity index (χ4n) is 6.61. The van der Waals surface area contributed by atoms with Crippen molar-refractivity contribution in [1.82, 2.24) is 20.2 Å². The third-order valence-electron chi connectivity index (χ3n) is 8.14. The van der Waals surface area contributed by atoms with Gasteiger partial charge in [-0.25, -0.2) is 0 Å². The third-order valence-corrected chi connectivity index (χ3v) is 8.23. The van der Waals surface area contributed by atoms with Crippen LogP contribution in [0, 0.1) is 40.4 Å². The van der Waals surface area contributed by atoms with Crippen LogP contribution >= 0.6 is 11.6 Å². The minimum Gasteiger partial charge on any atom is -0.377 e. The van der Waals surface area contributed by atoms with Gasteiger partial charge in [-0.05, 0) is 84.9 Å². The van der Waals surface area contributed by atoms with Gasteiger partial charge in [-0.15, -0.1) is 10.2 Å². The number of hydrogen-bond donors (Lipinski definition) is 1. The third kappa shape index (κ3) is 4.20. The second-order valence-corrected chi connectivity index (χ2v) is 9.88. The molecule has 6 unspecified atom stereocenters. The Hall–Kier alpha value is -1.71. The minimum absolute atomic E-state index is 0.0572. The summed E-state index contributed by atoms with van der Waals surface area (Å²) in [4.78, 5) is 14.5. The Labute approximate surface area is 183 Å². The smallest absolute Gasteiger partial charge is 0.162 e. The molecule has 0 aliphatic heterocycles. The van der Waals surface area contributed by atoms with Gasteiger partial charge in [-0.3, -0.25) is 4.79 Å². The molecule has 6 nitrogen and oxygen atoms in total. The van der Waals surface area contributed by atoms with Crippen LogP contribution in [0.1, 0.15) is 64.7 Å². The maximum Gasteiger partial charge on any atom is 0.162 e. The average Bonchev–Trinajstić information content (AvgIpc) is 3.34. The van der Waals surface area contributed by atoms with Crippen LogP contribution in [0.4, 0.5) is 0 Å². The first-order valence-electron chi connectivity index (χ1n) is 11.2. The first kappa shape index (κ1) is 21.5. The predicted molar refractivity (Wildman–Crippen MR) is 114 cm³/mol. The van der Waals surface area contributed by atoms with Gasteiger partial charge in [0, 0.05) is 17.7 Å². The molecule has 0 spiro atoms. The number of tetrazole rings is 1. The largest absolute Gasteiger partial charge is 0.377 e. The lowest BCUT2D eigenvalue weighted by Gasteiger charge is -2.48. The molecule has 1 aromatic heterocycles. The van der Waals surface area contributed by atoms with E-state index in [0.717, 1.165) is 44.9 Å². The zero-order chi connectivity index (χ0) is 21.2. The molecule has 1 N–H and O–H groups in total. The highest BCUT2D eigenvalue weighted by atomic mass is 35.5. The molecule has 2 saturated carbocycles. The number of ketones is 1. The summed E-state index contributed by atoms with van der Waals surface area (Å²) in [5.41, 5.74) is -0.948. The number of aromatic nitrogens is 4. The number of carbonyl (C=O) groups is 1. The number of allylic oxidation sites excluding steroid dienone is 1. The molecule has 0 amide bonds. The summed E-state index contributed by atoms with van der Waals surface area (Å²) in [5, 5.41) is 24.7. The molecule has 162 valence electrons. The van der Waals surface area contributed by atoms with Crippen molar-refractivity contribution in [3.05, 3.63) is 18.5 Å². The Morgan fingerprint density at radius 1 is 1.27 bits per heavy atom. The zero-order valence-corrected chi connectivity index (χ0v) is 18.4. The van der Waals surface area contributed by atoms with Crippen LogP contribution in [0.5, 0.6) is 0 Å². The van der Waals surface area contributed by atoms with E-state index < -0.39 is 5.60 Å². The number of fused-ring (bicyclic) bond motifs is 3. The molecule has 2 fully saturated rings. The topological polar surface area (TPSA) is 80.9 Å². The van der Waals surface area contributed by atoms with Crippen molar-refractivity contribution < 1.29 is 9.90 Å². The van der Waals surface area contributed by atoms with Gasteiger partial charge in [0.05, 0.1) is 0 Å². The van der Waals surface area contributed by atoms with E-state index >= 15 is 0 Å². The van der Waals surface area contributed by atoms with Crippen molar-refractivity contribution in [2.24, 2.45) is 29.1 Å². The Balaban J connectivity index is 1.49. The molecule has 0 bridgehead atoms. The Morgan fingerprint density at radius 2 is 2.13 bits per heavy atom. The number of rotatable bonds is 3. The standard InChI is InChI=1S/C23H31ClN4O2/c1-22-12-9-17-5-4-11-23(30,13-14-24)10-3-2-6-18(17)19(22)7-8-20(22)21(29)15-28-26-16-25-27-28/h2-3,16-20,30H,4-12,15H2,1H3. The fraction of sp³-hybridized carbons (Fsp3) is 0.739. The summed E-state index contributed by atoms with van der Waals surface area (Å²) in [6.45, 7) is 2.57. The average molecular weight is 431 g/mol. The van der Waals surface area contributed by atoms with Gasteiger partial charge in [-0.1, -0.05) is 31.4 Å². The van der Waals surface area contributed by atoms with Crippen molar-refractivity contribution in [2.75, 3.05) is 0 Å². The van der Waals surface area contributed by atoms with Crippen LogP contribution in [-0.2, 0) is 11.3 Å². The lowest BCUT2D eigenvalue weighted by molar-refractivity contribution is -0.129. The van der Waals surface area contributed by atoms with E-state index in [-0.39, 0.29) is 23.7 Å². The molecule has 6 atom stereocenters. The van der Waals surface area contributed by atoms with Crippen LogP contribution in [0.15, 0.2) is 18.5 Å². The molecule has 1 aromatic rings. The quantitative estimate of drug-likeness (QED) is 0.583. The maximum atomic E-state index is 13.1. The van der Waals surface area contributed by atoms with Crippen LogP contribution in [0.25, 0.3) is 0 Å². The minimum atomic E-state index is -1.01. The van der Waals surface area contributed by atoms with Gasteiger partial charge in [0.15, 0.2) is 12.1 Å². The van der Waals surface area contributed by atoms with Crippen LogP contribution in [0.3, 0.4) is 0 Å². The summed E-state index contributed by atoms with van der Waals surface area (Å²) in [6, 6.07) is 0. The molecule has 0 saturated heterocycles. The Kier molecular flexibility index (Phi) is 6.31. The van der Waals surface area contributed by atoms with Crippen molar-refractivity contribution in [3.63, 3.8) is 0 Å². The highest BCUT2D eigenvalue weighted by Gasteiger charge is 2.55. The van der Waals surface area contributed by atoms with Gasteiger partial charge in [0.2, 0.25) is 0 Å². The number of Topliss-reactive ketones (excluding diaryl/α,β-unsaturated/α-hetero) is 1. The number of nitrogens with zero attached hydrogens (tertiary/aromatic N) is 4. The van der Waals surface area contributed by atoms with E-state index in [4.69, 9.17) is 11.6 Å². The first-order valence-corrected chi connectivity index (χ1v) is 11.6. The van der Waals surface area contributed by atoms with Gasteiger partial charge >= 0.3 is 0 Å². The second-order valence-electron chi connectivity index (χ2n) is 9.69. The van der Waals surface area contributed by atoms with Crippen molar-refractivity contribution in [3.8, 4) is 11.3 Å². The Bertz CT molecular complexity index is 845. The summed E-state index contributed by atoms with van der Waals surface area (Å²) < 4.78 is 0. The fourth-order valence-corrected chi connectivity index (χ4v) is 6.79. The molecule has 30 heavy (non-hydrogen) atoms. The van der Waals surface area contributed by atoms with E-state index in [1.54, 1.807) is 0 Å². The second kappa shape index (κ2) is 8.80. The highest BCUT2D eigenvalue weighted by molar-refractivity contribution is 6.30. The van der Waals surface area contributed by atoms with Gasteiger partial charge in [-0.2, -0.15) is 4.80 Å². The van der Waals surface area contributed by atoms with Gasteiger partial charge < -0.3 is 5.11 Å². The summed E-state index contributed by atoms with van der Waals surface area (Å²) in [5.74, 6) is 4.94. The summed E-state index contributed by atoms with van der Waals surface area (Å²) in [6.07, 6.45) is 14.3. The van der Waals surface area contributed by atoms with E-state index in [2.05, 4.69) is 45.8 Å². The van der Waals surface area contributed by atoms with Crippen LogP contribution in [0.2, 0.25) is 0 Å². The molecular formula is C23H31ClN4O2. The van der Waals surface area contributed by atoms with Gasteiger partial charge in [0.25, 0.3) is 0 Å². The monoisotopic (exact) mass is 430 g/mol. The number of hydrogen-bond acceptors (Lipinski definition) is 5. The molecular weight excluding hydrogens is 400 g/mol. The van der Waals surface area contributed by atoms with Crippen LogP contribution in [-0.4, -0.2) is 36.7 Å². The molecule has 1 heterocycles. The maximum absolute atomic E-state index is 13.1. The first-order chi connectivity index (χ1) is 14.5. The molecule has 7 heteroatoms. The SMILES string of the molecule is CC12CCC3CCCC(O)(C#CCl)CC=CCC3C1CCC2C(=O)Cn1ncnn1. The lowest BCUT2D eigenvalue weighted by atomic mass is 9.56. The van der Waals surface area contributed by atoms with E-state index in [9.17, 15) is 9.90 Å². The van der Waals surface area contributed by atoms with Gasteiger partial charge in [0.1, 0.15) is 12.1 Å². The van der Waals surface area contributed by atoms with E-state index in [1.165, 1.54) is 11.1 Å². The Morgan fingerprint density at radius 3 is 2.90 bits per heavy atom. The summed E-state index contributed by atoms with van der Waals surface area (Å²) >= 11 is 5.58. The number of aliphatic hydroxyl groups is 1. The predicted octanol–water partition coefficient (Wildman–Crippen LogP) is 3.75. The number of halogens is 1. The highest BCUT2D eigenvalue weighted by Crippen LogP contribution is 2.60. The summed E-state index contributed by atoms with van der Waals surface area (Å²) in [7, 11) is 0. The molecule has 0 aromatic carbocycles. The molecule has 3 aliphatic rings. The normalized spacial score (nSPS) is 38.8. The lowest BCUT2D eigenvalue weighted by Crippen LogP contribution is -2.44. The molecule has 4 rings (SSSR count). The molecule has 0 radical (unpaired) electrons. The van der Waals surface area contributed by atoms with E-state index in [0.29, 0.717) is 30.6 Å². The zero-order valence-electron chi connectivity index (χ0n) is 17.6. The van der Waals surface area contributed by atoms with Crippen molar-refractivity contribution in [1.29, 1.82) is 0 Å². The number of carbonyl (C=O) groups excluding carboxylic acids is 1. The van der Waals surface area contributed by atoms with Crippen molar-refractivity contribution >= 4 is 17.4 Å². The molecule has 3 aliphatic carbocycles. The van der Waals surface area contributed by atoms with Crippen molar-refractivity contribution in [2.45, 2.75) is 76.9 Å². The van der Waals surface area contributed by atoms with Crippen LogP contribution < -0.4 is 0 Å². The van der Waals surface area contributed by atoms with E-state index in [1.807, 2.05) is 0 Å².